The van der Waals surface area contributed by atoms with Crippen molar-refractivity contribution in [2.24, 2.45) is 7.05 Å². The molecule has 1 N–H and O–H groups in total. The predicted octanol–water partition coefficient (Wildman–Crippen LogP) is 3.85. The van der Waals surface area contributed by atoms with Gasteiger partial charge in [-0.3, -0.25) is 9.13 Å². The molecule has 7 nitrogen and oxygen atoms in total. The fraction of sp³-hybridized carbons (Fsp3) is 0.269. The molecular formula is C26H29N3O4S. The molecule has 1 aromatic heterocycles. The Morgan fingerprint density at radius 3 is 2.41 bits per heavy atom. The van der Waals surface area contributed by atoms with E-state index < -0.39 is 9.84 Å². The van der Waals surface area contributed by atoms with E-state index in [9.17, 15) is 13.2 Å². The van der Waals surface area contributed by atoms with Gasteiger partial charge in [-0.1, -0.05) is 36.4 Å². The van der Waals surface area contributed by atoms with Gasteiger partial charge in [-0.15, -0.1) is 0 Å². The zero-order valence-corrected chi connectivity index (χ0v) is 20.4. The van der Waals surface area contributed by atoms with Gasteiger partial charge in [-0.2, -0.15) is 0 Å². The SMILES string of the molecule is COc1ccc(Cn2c(=O)n(C)c3c(NCCCc4ccccc4S(C)(=O)=O)cccc32)cc1. The Morgan fingerprint density at radius 2 is 1.71 bits per heavy atom. The number of nitrogens with zero attached hydrogens (tertiary/aromatic N) is 2. The smallest absolute Gasteiger partial charge is 0.329 e. The van der Waals surface area contributed by atoms with Crippen LogP contribution in [0.15, 0.2) is 76.4 Å². The highest BCUT2D eigenvalue weighted by Gasteiger charge is 2.15. The first kappa shape index (κ1) is 23.6. The molecule has 0 radical (unpaired) electrons. The van der Waals surface area contributed by atoms with Crippen LogP contribution >= 0.6 is 0 Å². The van der Waals surface area contributed by atoms with Crippen LogP contribution in [0.2, 0.25) is 0 Å². The molecule has 4 aromatic rings. The zero-order valence-electron chi connectivity index (χ0n) is 19.6. The summed E-state index contributed by atoms with van der Waals surface area (Å²) in [5.41, 5.74) is 4.33. The van der Waals surface area contributed by atoms with E-state index in [0.717, 1.165) is 40.0 Å². The van der Waals surface area contributed by atoms with Gasteiger partial charge in [0.2, 0.25) is 0 Å². The van der Waals surface area contributed by atoms with Gasteiger partial charge in [0.25, 0.3) is 0 Å². The molecule has 4 rings (SSSR count). The van der Waals surface area contributed by atoms with E-state index in [1.807, 2.05) is 54.6 Å². The molecule has 0 aliphatic rings. The minimum atomic E-state index is -3.26. The van der Waals surface area contributed by atoms with E-state index >= 15 is 0 Å². The molecule has 1 heterocycles. The summed E-state index contributed by atoms with van der Waals surface area (Å²) in [6, 6.07) is 20.7. The molecular weight excluding hydrogens is 450 g/mol. The minimum absolute atomic E-state index is 0.0813. The first-order chi connectivity index (χ1) is 16.3. The minimum Gasteiger partial charge on any atom is -0.497 e. The summed E-state index contributed by atoms with van der Waals surface area (Å²) in [4.78, 5) is 13.4. The van der Waals surface area contributed by atoms with E-state index in [2.05, 4.69) is 5.32 Å². The van der Waals surface area contributed by atoms with Crippen molar-refractivity contribution in [2.45, 2.75) is 24.3 Å². The number of nitrogens with one attached hydrogen (secondary N) is 1. The highest BCUT2D eigenvalue weighted by Crippen LogP contribution is 2.24. The van der Waals surface area contributed by atoms with E-state index in [4.69, 9.17) is 4.74 Å². The van der Waals surface area contributed by atoms with E-state index in [0.29, 0.717) is 24.4 Å². The van der Waals surface area contributed by atoms with Crippen molar-refractivity contribution < 1.29 is 13.2 Å². The number of anilines is 1. The molecule has 0 spiro atoms. The Bertz CT molecular complexity index is 1470. The van der Waals surface area contributed by atoms with Crippen LogP contribution in [-0.4, -0.2) is 37.5 Å². The maximum absolute atomic E-state index is 13.0. The Morgan fingerprint density at radius 1 is 0.971 bits per heavy atom. The lowest BCUT2D eigenvalue weighted by Gasteiger charge is -2.11. The normalized spacial score (nSPS) is 11.6. The molecule has 0 bridgehead atoms. The fourth-order valence-corrected chi connectivity index (χ4v) is 5.24. The number of aryl methyl sites for hydroxylation is 2. The summed E-state index contributed by atoms with van der Waals surface area (Å²) >= 11 is 0. The fourth-order valence-electron chi connectivity index (χ4n) is 4.26. The van der Waals surface area contributed by atoms with Crippen LogP contribution in [0.25, 0.3) is 11.0 Å². The Labute approximate surface area is 199 Å². The van der Waals surface area contributed by atoms with Crippen LogP contribution in [0.1, 0.15) is 17.5 Å². The van der Waals surface area contributed by atoms with Crippen molar-refractivity contribution in [3.05, 3.63) is 88.3 Å². The number of rotatable bonds is 9. The van der Waals surface area contributed by atoms with Crippen LogP contribution in [0, 0.1) is 0 Å². The highest BCUT2D eigenvalue weighted by molar-refractivity contribution is 7.90. The summed E-state index contributed by atoms with van der Waals surface area (Å²) in [6.07, 6.45) is 2.63. The van der Waals surface area contributed by atoms with Crippen LogP contribution in [0.5, 0.6) is 5.75 Å². The monoisotopic (exact) mass is 479 g/mol. The maximum atomic E-state index is 13.0. The first-order valence-electron chi connectivity index (χ1n) is 11.1. The Balaban J connectivity index is 1.52. The molecule has 0 unspecified atom stereocenters. The topological polar surface area (TPSA) is 82.3 Å². The van der Waals surface area contributed by atoms with Crippen molar-refractivity contribution >= 4 is 26.6 Å². The Kier molecular flexibility index (Phi) is 6.79. The lowest BCUT2D eigenvalue weighted by molar-refractivity contribution is 0.414. The number of fused-ring (bicyclic) bond motifs is 1. The number of imidazole rings is 1. The Hall–Kier alpha value is -3.52. The van der Waals surface area contributed by atoms with Crippen LogP contribution < -0.4 is 15.7 Å². The maximum Gasteiger partial charge on any atom is 0.329 e. The molecule has 0 aliphatic carbocycles. The number of methoxy groups -OCH3 is 1. The standard InChI is InChI=1S/C26H29N3O4S/c1-28-25-22(27-17-7-9-20-8-4-5-12-24(20)34(3,31)32)10-6-11-23(25)29(26(28)30)18-19-13-15-21(33-2)16-14-19/h4-6,8,10-16,27H,7,9,17-18H2,1-3H3. The van der Waals surface area contributed by atoms with Crippen LogP contribution in [0.4, 0.5) is 5.69 Å². The summed E-state index contributed by atoms with van der Waals surface area (Å²) in [6.45, 7) is 1.11. The quantitative estimate of drug-likeness (QED) is 0.369. The third-order valence-electron chi connectivity index (χ3n) is 5.97. The molecule has 0 saturated carbocycles. The summed E-state index contributed by atoms with van der Waals surface area (Å²) in [5, 5.41) is 3.44. The number of para-hydroxylation sites is 1. The van der Waals surface area contributed by atoms with Crippen LogP contribution in [0.3, 0.4) is 0 Å². The number of hydrogen-bond acceptors (Lipinski definition) is 5. The largest absolute Gasteiger partial charge is 0.497 e. The second kappa shape index (κ2) is 9.77. The number of aromatic nitrogens is 2. The number of hydrogen-bond donors (Lipinski definition) is 1. The predicted molar refractivity (Wildman–Crippen MR) is 136 cm³/mol. The van der Waals surface area contributed by atoms with Gasteiger partial charge in [0, 0.05) is 19.8 Å². The second-order valence-corrected chi connectivity index (χ2v) is 10.3. The highest BCUT2D eigenvalue weighted by atomic mass is 32.2. The van der Waals surface area contributed by atoms with Crippen molar-refractivity contribution in [1.82, 2.24) is 9.13 Å². The van der Waals surface area contributed by atoms with Gasteiger partial charge in [-0.05, 0) is 54.3 Å². The lowest BCUT2D eigenvalue weighted by Crippen LogP contribution is -2.22. The first-order valence-corrected chi connectivity index (χ1v) is 13.0. The zero-order chi connectivity index (χ0) is 24.3. The summed E-state index contributed by atoms with van der Waals surface area (Å²) in [5.74, 6) is 0.777. The molecule has 178 valence electrons. The van der Waals surface area contributed by atoms with Gasteiger partial charge in [0.15, 0.2) is 9.84 Å². The molecule has 34 heavy (non-hydrogen) atoms. The number of ether oxygens (including phenoxy) is 1. The molecule has 0 aliphatic heterocycles. The summed E-state index contributed by atoms with van der Waals surface area (Å²) in [7, 11) is 0.151. The van der Waals surface area contributed by atoms with Crippen molar-refractivity contribution in [3.8, 4) is 5.75 Å². The second-order valence-electron chi connectivity index (χ2n) is 8.36. The number of sulfone groups is 1. The van der Waals surface area contributed by atoms with Crippen LogP contribution in [-0.2, 0) is 29.9 Å². The van der Waals surface area contributed by atoms with Crippen molar-refractivity contribution in [3.63, 3.8) is 0 Å². The van der Waals surface area contributed by atoms with Gasteiger partial charge >= 0.3 is 5.69 Å². The van der Waals surface area contributed by atoms with Crippen molar-refractivity contribution in [1.29, 1.82) is 0 Å². The van der Waals surface area contributed by atoms with Gasteiger partial charge in [0.05, 0.1) is 35.3 Å². The number of benzene rings is 3. The molecule has 8 heteroatoms. The average Bonchev–Trinajstić information content (AvgIpc) is 3.07. The van der Waals surface area contributed by atoms with E-state index in [1.165, 1.54) is 6.26 Å². The molecule has 0 atom stereocenters. The van der Waals surface area contributed by atoms with E-state index in [1.54, 1.807) is 35.4 Å². The average molecular weight is 480 g/mol. The lowest BCUT2D eigenvalue weighted by atomic mass is 10.1. The van der Waals surface area contributed by atoms with Gasteiger partial charge in [-0.25, -0.2) is 13.2 Å². The summed E-state index contributed by atoms with van der Waals surface area (Å²) < 4.78 is 32.7. The van der Waals surface area contributed by atoms with Gasteiger partial charge < -0.3 is 10.1 Å². The molecule has 0 saturated heterocycles. The molecule has 0 fully saturated rings. The van der Waals surface area contributed by atoms with E-state index in [-0.39, 0.29) is 5.69 Å². The third-order valence-corrected chi connectivity index (χ3v) is 7.17. The van der Waals surface area contributed by atoms with Gasteiger partial charge in [0.1, 0.15) is 5.75 Å². The third kappa shape index (κ3) is 4.87. The molecule has 0 amide bonds. The molecule has 3 aromatic carbocycles. The van der Waals surface area contributed by atoms with Crippen molar-refractivity contribution in [2.75, 3.05) is 25.2 Å².